The summed E-state index contributed by atoms with van der Waals surface area (Å²) in [5.41, 5.74) is 2.56. The van der Waals surface area contributed by atoms with Gasteiger partial charge in [0.2, 0.25) is 5.89 Å². The molecule has 0 saturated carbocycles. The Labute approximate surface area is 206 Å². The zero-order valence-electron chi connectivity index (χ0n) is 20.5. The first-order chi connectivity index (χ1) is 17.1. The minimum Gasteiger partial charge on any atom is -0.496 e. The fourth-order valence-corrected chi connectivity index (χ4v) is 4.23. The summed E-state index contributed by atoms with van der Waals surface area (Å²) >= 11 is 0. The van der Waals surface area contributed by atoms with E-state index in [1.165, 1.54) is 11.8 Å². The number of nitrogens with one attached hydrogen (secondary N) is 1. The molecule has 0 bridgehead atoms. The first-order valence-corrected chi connectivity index (χ1v) is 12.1. The molecule has 3 aromatic rings. The highest BCUT2D eigenvalue weighted by atomic mass is 16.5. The number of hydrogen-bond donors (Lipinski definition) is 1. The Morgan fingerprint density at radius 2 is 1.86 bits per heavy atom. The van der Waals surface area contributed by atoms with Gasteiger partial charge >= 0.3 is 0 Å². The summed E-state index contributed by atoms with van der Waals surface area (Å²) in [6, 6.07) is 18.4. The number of oxazole rings is 1. The fraction of sp³-hybridized carbons (Fsp3) is 0.407. The first kappa shape index (κ1) is 24.9. The van der Waals surface area contributed by atoms with Crippen LogP contribution in [0.5, 0.6) is 5.75 Å². The third-order valence-electron chi connectivity index (χ3n) is 6.34. The molecule has 4 rings (SSSR count). The van der Waals surface area contributed by atoms with Crippen molar-refractivity contribution in [3.05, 3.63) is 83.6 Å². The largest absolute Gasteiger partial charge is 0.496 e. The average Bonchev–Trinajstić information content (AvgIpc) is 3.38. The summed E-state index contributed by atoms with van der Waals surface area (Å²) in [6.45, 7) is 7.89. The van der Waals surface area contributed by atoms with Crippen LogP contribution in [0.3, 0.4) is 0 Å². The zero-order valence-corrected chi connectivity index (χ0v) is 20.5. The van der Waals surface area contributed by atoms with Gasteiger partial charge in [-0.1, -0.05) is 48.5 Å². The number of rotatable bonds is 11. The monoisotopic (exact) mass is 478 g/mol. The van der Waals surface area contributed by atoms with Crippen LogP contribution in [-0.2, 0) is 17.8 Å². The van der Waals surface area contributed by atoms with Gasteiger partial charge in [-0.3, -0.25) is 14.6 Å². The van der Waals surface area contributed by atoms with Crippen molar-refractivity contribution in [2.45, 2.75) is 26.1 Å². The summed E-state index contributed by atoms with van der Waals surface area (Å²) in [5, 5.41) is 2.94. The van der Waals surface area contributed by atoms with Gasteiger partial charge in [0.1, 0.15) is 12.0 Å². The summed E-state index contributed by atoms with van der Waals surface area (Å²) < 4.78 is 16.7. The van der Waals surface area contributed by atoms with Crippen LogP contribution in [0.4, 0.5) is 0 Å². The van der Waals surface area contributed by atoms with Gasteiger partial charge in [0.05, 0.1) is 26.9 Å². The fourth-order valence-electron chi connectivity index (χ4n) is 4.23. The molecule has 1 aromatic heterocycles. The molecule has 1 saturated heterocycles. The van der Waals surface area contributed by atoms with Gasteiger partial charge in [0.25, 0.3) is 5.91 Å². The number of nitrogens with zero attached hydrogens (tertiary/aromatic N) is 3. The lowest BCUT2D eigenvalue weighted by atomic mass is 10.1. The Morgan fingerprint density at radius 1 is 1.11 bits per heavy atom. The highest BCUT2D eigenvalue weighted by Gasteiger charge is 2.21. The number of carbonyl (C=O) groups is 1. The molecule has 35 heavy (non-hydrogen) atoms. The number of methoxy groups -OCH3 is 1. The van der Waals surface area contributed by atoms with Crippen LogP contribution >= 0.6 is 0 Å². The highest BCUT2D eigenvalue weighted by molar-refractivity contribution is 5.91. The Bertz CT molecular complexity index is 1070. The van der Waals surface area contributed by atoms with Gasteiger partial charge < -0.3 is 19.2 Å². The molecule has 2 heterocycles. The van der Waals surface area contributed by atoms with Gasteiger partial charge in [-0.25, -0.2) is 4.98 Å². The number of hydrogen-bond acceptors (Lipinski definition) is 7. The van der Waals surface area contributed by atoms with E-state index in [-0.39, 0.29) is 11.9 Å². The van der Waals surface area contributed by atoms with Crippen molar-refractivity contribution in [3.63, 3.8) is 0 Å². The third-order valence-corrected chi connectivity index (χ3v) is 6.34. The van der Waals surface area contributed by atoms with Gasteiger partial charge in [-0.05, 0) is 18.6 Å². The minimum absolute atomic E-state index is 0.0961. The van der Waals surface area contributed by atoms with E-state index in [0.29, 0.717) is 31.2 Å². The molecular weight excluding hydrogens is 444 g/mol. The number of aromatic nitrogens is 1. The molecule has 1 atom stereocenters. The Morgan fingerprint density at radius 3 is 2.63 bits per heavy atom. The van der Waals surface area contributed by atoms with E-state index in [4.69, 9.17) is 13.9 Å². The molecule has 1 amide bonds. The molecule has 1 aliphatic heterocycles. The number of carbonyl (C=O) groups excluding carboxylic acids is 1. The van der Waals surface area contributed by atoms with E-state index in [2.05, 4.69) is 45.2 Å². The van der Waals surface area contributed by atoms with E-state index in [0.717, 1.165) is 44.2 Å². The lowest BCUT2D eigenvalue weighted by Crippen LogP contribution is -2.41. The Hall–Kier alpha value is -3.20. The molecule has 1 fully saturated rings. The van der Waals surface area contributed by atoms with E-state index in [9.17, 15) is 4.79 Å². The van der Waals surface area contributed by atoms with Crippen molar-refractivity contribution < 1.29 is 18.7 Å². The van der Waals surface area contributed by atoms with Crippen LogP contribution in [0.15, 0.2) is 65.3 Å². The number of benzene rings is 2. The Kier molecular flexibility index (Phi) is 8.89. The first-order valence-electron chi connectivity index (χ1n) is 12.1. The van der Waals surface area contributed by atoms with Crippen LogP contribution in [0, 0.1) is 0 Å². The van der Waals surface area contributed by atoms with Crippen LogP contribution in [0.25, 0.3) is 0 Å². The number of amides is 1. The van der Waals surface area contributed by atoms with E-state index in [1.807, 2.05) is 36.4 Å². The van der Waals surface area contributed by atoms with Gasteiger partial charge in [0.15, 0.2) is 5.69 Å². The maximum absolute atomic E-state index is 12.6. The van der Waals surface area contributed by atoms with Crippen LogP contribution < -0.4 is 10.1 Å². The second kappa shape index (κ2) is 12.5. The molecule has 1 unspecified atom stereocenters. The second-order valence-corrected chi connectivity index (χ2v) is 8.64. The molecule has 0 radical (unpaired) electrons. The minimum atomic E-state index is -0.222. The summed E-state index contributed by atoms with van der Waals surface area (Å²) in [7, 11) is 1.68. The standard InChI is InChI=1S/C27H34N4O4/c1-21(22-8-4-3-5-9-22)31(18-23-10-6-7-11-25(23)33-2)19-26-29-24(20-35-26)27(32)28-12-13-30-14-16-34-17-15-30/h3-11,20-21H,12-19H2,1-2H3,(H,28,32). The quantitative estimate of drug-likeness (QED) is 0.452. The predicted molar refractivity (Wildman–Crippen MR) is 133 cm³/mol. The van der Waals surface area contributed by atoms with Crippen molar-refractivity contribution in [1.29, 1.82) is 0 Å². The lowest BCUT2D eigenvalue weighted by Gasteiger charge is -2.29. The molecule has 2 aromatic carbocycles. The summed E-state index contributed by atoms with van der Waals surface area (Å²) in [5.74, 6) is 1.12. The maximum atomic E-state index is 12.6. The van der Waals surface area contributed by atoms with Gasteiger partial charge in [-0.2, -0.15) is 0 Å². The second-order valence-electron chi connectivity index (χ2n) is 8.64. The van der Waals surface area contributed by atoms with Crippen molar-refractivity contribution in [1.82, 2.24) is 20.1 Å². The van der Waals surface area contributed by atoms with Gasteiger partial charge in [-0.15, -0.1) is 0 Å². The van der Waals surface area contributed by atoms with E-state index < -0.39 is 0 Å². The zero-order chi connectivity index (χ0) is 24.5. The molecule has 0 spiro atoms. The van der Waals surface area contributed by atoms with Crippen molar-refractivity contribution in [2.24, 2.45) is 0 Å². The van der Waals surface area contributed by atoms with Crippen LogP contribution in [0.2, 0.25) is 0 Å². The molecule has 8 nitrogen and oxygen atoms in total. The molecule has 1 N–H and O–H groups in total. The molecular formula is C27H34N4O4. The summed E-state index contributed by atoms with van der Waals surface area (Å²) in [6.07, 6.45) is 1.44. The van der Waals surface area contributed by atoms with E-state index >= 15 is 0 Å². The van der Waals surface area contributed by atoms with Crippen LogP contribution in [-0.4, -0.2) is 67.2 Å². The maximum Gasteiger partial charge on any atom is 0.273 e. The number of ether oxygens (including phenoxy) is 2. The molecule has 186 valence electrons. The SMILES string of the molecule is COc1ccccc1CN(Cc1nc(C(=O)NCCN2CCOCC2)co1)C(C)c1ccccc1. The predicted octanol–water partition coefficient (Wildman–Crippen LogP) is 3.51. The topological polar surface area (TPSA) is 80.1 Å². The average molecular weight is 479 g/mol. The lowest BCUT2D eigenvalue weighted by molar-refractivity contribution is 0.0383. The highest BCUT2D eigenvalue weighted by Crippen LogP contribution is 2.27. The smallest absolute Gasteiger partial charge is 0.273 e. The van der Waals surface area contributed by atoms with Crippen molar-refractivity contribution >= 4 is 5.91 Å². The number of para-hydroxylation sites is 1. The van der Waals surface area contributed by atoms with Gasteiger partial charge in [0, 0.05) is 44.3 Å². The Balaban J connectivity index is 1.42. The molecule has 0 aliphatic carbocycles. The summed E-state index contributed by atoms with van der Waals surface area (Å²) in [4.78, 5) is 21.6. The normalized spacial score (nSPS) is 15.2. The van der Waals surface area contributed by atoms with Crippen molar-refractivity contribution in [3.8, 4) is 5.75 Å². The van der Waals surface area contributed by atoms with Crippen molar-refractivity contribution in [2.75, 3.05) is 46.5 Å². The van der Waals surface area contributed by atoms with Crippen LogP contribution in [0.1, 0.15) is 40.5 Å². The molecule has 8 heteroatoms. The van der Waals surface area contributed by atoms with E-state index in [1.54, 1.807) is 7.11 Å². The third kappa shape index (κ3) is 6.91. The molecule has 1 aliphatic rings. The number of morpholine rings is 1.